The molecule has 0 aliphatic heterocycles. The molecule has 0 bridgehead atoms. The normalized spacial score (nSPS) is 10.3. The van der Waals surface area contributed by atoms with E-state index < -0.39 is 0 Å². The van der Waals surface area contributed by atoms with Crippen molar-refractivity contribution in [2.24, 2.45) is 0 Å². The number of hydrogen-bond acceptors (Lipinski definition) is 5. The van der Waals surface area contributed by atoms with E-state index in [1.165, 1.54) is 16.9 Å². The first-order valence-corrected chi connectivity index (χ1v) is 8.06. The average Bonchev–Trinajstić information content (AvgIpc) is 3.03. The highest BCUT2D eigenvalue weighted by Crippen LogP contribution is 2.19. The van der Waals surface area contributed by atoms with Crippen LogP contribution in [0.2, 0.25) is 0 Å². The van der Waals surface area contributed by atoms with Gasteiger partial charge in [0.1, 0.15) is 11.5 Å². The molecule has 0 aliphatic carbocycles. The maximum atomic E-state index is 12.1. The fourth-order valence-electron chi connectivity index (χ4n) is 1.96. The number of hydrogen-bond donors (Lipinski definition) is 2. The Kier molecular flexibility index (Phi) is 4.63. The third-order valence-corrected chi connectivity index (χ3v) is 3.97. The first kappa shape index (κ1) is 15.2. The minimum absolute atomic E-state index is 0.184. The number of carbonyl (C=O) groups is 1. The maximum absolute atomic E-state index is 12.1. The number of amides is 1. The van der Waals surface area contributed by atoms with Crippen LogP contribution in [0.4, 0.5) is 10.9 Å². The topological polar surface area (TPSA) is 66.9 Å². The van der Waals surface area contributed by atoms with Crippen LogP contribution in [-0.2, 0) is 6.54 Å². The standard InChI is InChI=1S/C17H16N4OS/c1-12-5-7-13(8-6-12)10-19-16(22)14-11-23-17(20-14)21-15-4-2-3-9-18-15/h2-9,11H,10H2,1H3,(H,19,22)(H,18,20,21). The van der Waals surface area contributed by atoms with Gasteiger partial charge in [-0.2, -0.15) is 0 Å². The second-order valence-electron chi connectivity index (χ2n) is 5.05. The minimum Gasteiger partial charge on any atom is -0.347 e. The van der Waals surface area contributed by atoms with E-state index in [9.17, 15) is 4.79 Å². The SMILES string of the molecule is Cc1ccc(CNC(=O)c2csc(Nc3ccccn3)n2)cc1. The summed E-state index contributed by atoms with van der Waals surface area (Å²) in [6, 6.07) is 13.6. The zero-order valence-corrected chi connectivity index (χ0v) is 13.4. The summed E-state index contributed by atoms with van der Waals surface area (Å²) in [6.45, 7) is 2.52. The Morgan fingerprint density at radius 2 is 2.00 bits per heavy atom. The Morgan fingerprint density at radius 3 is 2.74 bits per heavy atom. The molecule has 0 saturated heterocycles. The van der Waals surface area contributed by atoms with Crippen molar-refractivity contribution in [3.8, 4) is 0 Å². The highest BCUT2D eigenvalue weighted by Gasteiger charge is 2.10. The number of aryl methyl sites for hydroxylation is 1. The van der Waals surface area contributed by atoms with E-state index in [1.54, 1.807) is 11.6 Å². The molecule has 3 rings (SSSR count). The number of nitrogens with one attached hydrogen (secondary N) is 2. The molecular weight excluding hydrogens is 308 g/mol. The van der Waals surface area contributed by atoms with Gasteiger partial charge < -0.3 is 10.6 Å². The lowest BCUT2D eigenvalue weighted by molar-refractivity contribution is 0.0946. The Labute approximate surface area is 138 Å². The van der Waals surface area contributed by atoms with Gasteiger partial charge >= 0.3 is 0 Å². The van der Waals surface area contributed by atoms with E-state index in [2.05, 4.69) is 20.6 Å². The van der Waals surface area contributed by atoms with Gasteiger partial charge in [-0.1, -0.05) is 35.9 Å². The fourth-order valence-corrected chi connectivity index (χ4v) is 2.66. The van der Waals surface area contributed by atoms with Crippen molar-refractivity contribution in [3.05, 3.63) is 70.9 Å². The summed E-state index contributed by atoms with van der Waals surface area (Å²) in [7, 11) is 0. The molecule has 1 amide bonds. The van der Waals surface area contributed by atoms with E-state index in [1.807, 2.05) is 49.4 Å². The van der Waals surface area contributed by atoms with Gasteiger partial charge in [-0.25, -0.2) is 9.97 Å². The average molecular weight is 324 g/mol. The number of benzene rings is 1. The molecule has 0 unspecified atom stereocenters. The molecule has 0 saturated carbocycles. The molecule has 0 atom stereocenters. The van der Waals surface area contributed by atoms with Crippen molar-refractivity contribution in [1.29, 1.82) is 0 Å². The summed E-state index contributed by atoms with van der Waals surface area (Å²) in [5, 5.41) is 8.32. The van der Waals surface area contributed by atoms with Crippen molar-refractivity contribution in [2.45, 2.75) is 13.5 Å². The van der Waals surface area contributed by atoms with Crippen molar-refractivity contribution in [3.63, 3.8) is 0 Å². The third kappa shape index (κ3) is 4.14. The summed E-state index contributed by atoms with van der Waals surface area (Å²) >= 11 is 1.37. The molecule has 0 fully saturated rings. The smallest absolute Gasteiger partial charge is 0.271 e. The zero-order valence-electron chi connectivity index (χ0n) is 12.6. The summed E-state index contributed by atoms with van der Waals surface area (Å²) in [4.78, 5) is 20.6. The molecule has 3 aromatic rings. The van der Waals surface area contributed by atoms with E-state index in [4.69, 9.17) is 0 Å². The Balaban J connectivity index is 1.59. The number of rotatable bonds is 5. The predicted octanol–water partition coefficient (Wildman–Crippen LogP) is 3.52. The van der Waals surface area contributed by atoms with Crippen LogP contribution in [0, 0.1) is 6.92 Å². The molecule has 116 valence electrons. The van der Waals surface area contributed by atoms with Crippen molar-refractivity contribution >= 4 is 28.2 Å². The summed E-state index contributed by atoms with van der Waals surface area (Å²) in [6.07, 6.45) is 1.70. The maximum Gasteiger partial charge on any atom is 0.271 e. The zero-order chi connectivity index (χ0) is 16.1. The van der Waals surface area contributed by atoms with Gasteiger partial charge in [-0.05, 0) is 24.6 Å². The lowest BCUT2D eigenvalue weighted by Crippen LogP contribution is -2.23. The number of carbonyl (C=O) groups excluding carboxylic acids is 1. The second-order valence-corrected chi connectivity index (χ2v) is 5.90. The highest BCUT2D eigenvalue weighted by atomic mass is 32.1. The van der Waals surface area contributed by atoms with Gasteiger partial charge in [0.15, 0.2) is 5.13 Å². The molecule has 6 heteroatoms. The molecule has 2 N–H and O–H groups in total. The van der Waals surface area contributed by atoms with Crippen LogP contribution in [0.25, 0.3) is 0 Å². The molecule has 5 nitrogen and oxygen atoms in total. The first-order valence-electron chi connectivity index (χ1n) is 7.18. The molecule has 1 aromatic carbocycles. The number of aromatic nitrogens is 2. The van der Waals surface area contributed by atoms with Crippen LogP contribution in [0.1, 0.15) is 21.6 Å². The second kappa shape index (κ2) is 7.02. The minimum atomic E-state index is -0.184. The van der Waals surface area contributed by atoms with Crippen LogP contribution in [-0.4, -0.2) is 15.9 Å². The number of pyridine rings is 1. The Morgan fingerprint density at radius 1 is 1.17 bits per heavy atom. The lowest BCUT2D eigenvalue weighted by atomic mass is 10.1. The molecular formula is C17H16N4OS. The van der Waals surface area contributed by atoms with Crippen LogP contribution in [0.15, 0.2) is 54.0 Å². The molecule has 2 heterocycles. The van der Waals surface area contributed by atoms with Crippen LogP contribution >= 0.6 is 11.3 Å². The van der Waals surface area contributed by atoms with Crippen molar-refractivity contribution in [1.82, 2.24) is 15.3 Å². The quantitative estimate of drug-likeness (QED) is 0.753. The largest absolute Gasteiger partial charge is 0.347 e. The van der Waals surface area contributed by atoms with Gasteiger partial charge in [-0.15, -0.1) is 11.3 Å². The summed E-state index contributed by atoms with van der Waals surface area (Å²) in [5.41, 5.74) is 2.66. The molecule has 0 aliphatic rings. The van der Waals surface area contributed by atoms with E-state index in [0.717, 1.165) is 5.56 Å². The molecule has 23 heavy (non-hydrogen) atoms. The first-order chi connectivity index (χ1) is 11.2. The highest BCUT2D eigenvalue weighted by molar-refractivity contribution is 7.14. The van der Waals surface area contributed by atoms with Crippen LogP contribution in [0.3, 0.4) is 0 Å². The van der Waals surface area contributed by atoms with E-state index in [-0.39, 0.29) is 5.91 Å². The van der Waals surface area contributed by atoms with Crippen LogP contribution in [0.5, 0.6) is 0 Å². The third-order valence-electron chi connectivity index (χ3n) is 3.21. The van der Waals surface area contributed by atoms with Crippen molar-refractivity contribution in [2.75, 3.05) is 5.32 Å². The molecule has 0 spiro atoms. The number of anilines is 2. The Bertz CT molecular complexity index is 784. The summed E-state index contributed by atoms with van der Waals surface area (Å²) < 4.78 is 0. The van der Waals surface area contributed by atoms with Gasteiger partial charge in [0.05, 0.1) is 0 Å². The Hall–Kier alpha value is -2.73. The van der Waals surface area contributed by atoms with E-state index >= 15 is 0 Å². The van der Waals surface area contributed by atoms with Gasteiger partial charge in [0, 0.05) is 18.1 Å². The number of nitrogens with zero attached hydrogens (tertiary/aromatic N) is 2. The monoisotopic (exact) mass is 324 g/mol. The van der Waals surface area contributed by atoms with E-state index in [0.29, 0.717) is 23.2 Å². The molecule has 0 radical (unpaired) electrons. The summed E-state index contributed by atoms with van der Waals surface area (Å²) in [5.74, 6) is 0.518. The fraction of sp³-hybridized carbons (Fsp3) is 0.118. The van der Waals surface area contributed by atoms with Crippen molar-refractivity contribution < 1.29 is 4.79 Å². The van der Waals surface area contributed by atoms with Gasteiger partial charge in [0.2, 0.25) is 0 Å². The van der Waals surface area contributed by atoms with Gasteiger partial charge in [-0.3, -0.25) is 4.79 Å². The number of thiazole rings is 1. The lowest BCUT2D eigenvalue weighted by Gasteiger charge is -2.04. The predicted molar refractivity (Wildman–Crippen MR) is 92.0 cm³/mol. The van der Waals surface area contributed by atoms with Crippen LogP contribution < -0.4 is 10.6 Å². The van der Waals surface area contributed by atoms with Gasteiger partial charge in [0.25, 0.3) is 5.91 Å². The molecule has 2 aromatic heterocycles.